The summed E-state index contributed by atoms with van der Waals surface area (Å²) in [6.45, 7) is -0.139. The molecule has 0 radical (unpaired) electrons. The summed E-state index contributed by atoms with van der Waals surface area (Å²) in [5.74, 6) is -0.423. The van der Waals surface area contributed by atoms with Gasteiger partial charge in [0.2, 0.25) is 11.4 Å². The van der Waals surface area contributed by atoms with Crippen LogP contribution in [0.2, 0.25) is 0 Å². The summed E-state index contributed by atoms with van der Waals surface area (Å²) in [7, 11) is 0. The highest BCUT2D eigenvalue weighted by Crippen LogP contribution is 2.34. The molecule has 0 aliphatic carbocycles. The average molecular weight is 379 g/mol. The summed E-state index contributed by atoms with van der Waals surface area (Å²) >= 11 is 0.860. The fraction of sp³-hybridized carbons (Fsp3) is 0.0526. The monoisotopic (exact) mass is 379 g/mol. The first-order valence-corrected chi connectivity index (χ1v) is 8.89. The molecule has 2 aromatic carbocycles. The molecule has 1 fully saturated rings. The Hall–Kier alpha value is -3.39. The van der Waals surface area contributed by atoms with E-state index in [1.54, 1.807) is 30.3 Å². The van der Waals surface area contributed by atoms with E-state index >= 15 is 0 Å². The molecule has 2 amide bonds. The summed E-state index contributed by atoms with van der Waals surface area (Å²) in [6, 6.07) is 18.1. The predicted molar refractivity (Wildman–Crippen MR) is 98.9 cm³/mol. The highest BCUT2D eigenvalue weighted by molar-refractivity contribution is 8.18. The number of imide groups is 1. The normalized spacial score (nSPS) is 15.7. The minimum absolute atomic E-state index is 0.139. The molecule has 27 heavy (non-hydrogen) atoms. The zero-order valence-corrected chi connectivity index (χ0v) is 14.8. The second-order valence-electron chi connectivity index (χ2n) is 5.77. The molecule has 4 rings (SSSR count). The summed E-state index contributed by atoms with van der Waals surface area (Å²) in [5, 5.41) is 15.3. The van der Waals surface area contributed by atoms with Gasteiger partial charge in [0.05, 0.1) is 4.91 Å². The summed E-state index contributed by atoms with van der Waals surface area (Å²) < 4.78 is 4.69. The standard InChI is InChI=1S/C19H13N3O4S/c23-18-16(11-13-7-3-1-4-8-13)27-19(24)21(18)12-15-17(22(25)26-20-15)14-9-5-2-6-10-14/h1-11H,12H2/b16-11+. The molecule has 8 heteroatoms. The molecule has 134 valence electrons. The minimum Gasteiger partial charge on any atom is -0.359 e. The molecule has 2 heterocycles. The van der Waals surface area contributed by atoms with Crippen molar-refractivity contribution >= 4 is 29.0 Å². The van der Waals surface area contributed by atoms with Crippen molar-refractivity contribution in [2.24, 2.45) is 0 Å². The van der Waals surface area contributed by atoms with Gasteiger partial charge in [0.15, 0.2) is 0 Å². The first-order chi connectivity index (χ1) is 13.1. The van der Waals surface area contributed by atoms with Crippen LogP contribution in [0.3, 0.4) is 0 Å². The Kier molecular flexibility index (Phi) is 4.47. The number of benzene rings is 2. The SMILES string of the molecule is O=C1S/C(=C/c2ccccc2)C(=O)N1Cc1no[n+]([O-])c1-c1ccccc1. The molecule has 0 N–H and O–H groups in total. The first-order valence-electron chi connectivity index (χ1n) is 8.08. The third-order valence-electron chi connectivity index (χ3n) is 4.01. The van der Waals surface area contributed by atoms with Crippen molar-refractivity contribution in [2.75, 3.05) is 0 Å². The third-order valence-corrected chi connectivity index (χ3v) is 4.91. The topological polar surface area (TPSA) is 90.4 Å². The van der Waals surface area contributed by atoms with Crippen molar-refractivity contribution in [3.8, 4) is 11.3 Å². The van der Waals surface area contributed by atoms with E-state index in [0.717, 1.165) is 22.2 Å². The molecule has 0 atom stereocenters. The van der Waals surface area contributed by atoms with Crippen LogP contribution in [0.15, 0.2) is 70.2 Å². The van der Waals surface area contributed by atoms with Gasteiger partial charge in [0.1, 0.15) is 6.54 Å². The van der Waals surface area contributed by atoms with E-state index in [-0.39, 0.29) is 22.8 Å². The summed E-state index contributed by atoms with van der Waals surface area (Å²) in [6.07, 6.45) is 1.67. The van der Waals surface area contributed by atoms with Gasteiger partial charge < -0.3 is 5.21 Å². The molecule has 7 nitrogen and oxygen atoms in total. The number of hydrogen-bond donors (Lipinski definition) is 0. The lowest BCUT2D eigenvalue weighted by molar-refractivity contribution is -0.793. The van der Waals surface area contributed by atoms with Crippen molar-refractivity contribution in [1.29, 1.82) is 0 Å². The molecule has 1 aliphatic rings. The van der Waals surface area contributed by atoms with Crippen molar-refractivity contribution in [3.63, 3.8) is 0 Å². The zero-order valence-electron chi connectivity index (χ0n) is 13.9. The average Bonchev–Trinajstić information content (AvgIpc) is 3.18. The van der Waals surface area contributed by atoms with E-state index in [9.17, 15) is 14.8 Å². The number of thioether (sulfide) groups is 1. The van der Waals surface area contributed by atoms with E-state index in [1.165, 1.54) is 0 Å². The van der Waals surface area contributed by atoms with Gasteiger partial charge in [-0.15, -0.1) is 0 Å². The van der Waals surface area contributed by atoms with Gasteiger partial charge in [-0.25, -0.2) is 0 Å². The lowest BCUT2D eigenvalue weighted by Gasteiger charge is -2.09. The Labute approximate surface area is 158 Å². The van der Waals surface area contributed by atoms with Gasteiger partial charge in [-0.3, -0.25) is 19.1 Å². The van der Waals surface area contributed by atoms with Gasteiger partial charge in [-0.2, -0.15) is 0 Å². The second kappa shape index (κ2) is 7.08. The van der Waals surface area contributed by atoms with E-state index < -0.39 is 11.1 Å². The van der Waals surface area contributed by atoms with Crippen LogP contribution in [0, 0.1) is 5.21 Å². The fourth-order valence-electron chi connectivity index (χ4n) is 2.73. The molecule has 1 saturated heterocycles. The fourth-order valence-corrected chi connectivity index (χ4v) is 3.57. The van der Waals surface area contributed by atoms with Crippen molar-refractivity contribution in [3.05, 3.63) is 82.0 Å². The number of nitrogens with zero attached hydrogens (tertiary/aromatic N) is 3. The molecule has 0 unspecified atom stereocenters. The van der Waals surface area contributed by atoms with Crippen molar-refractivity contribution in [1.82, 2.24) is 10.1 Å². The van der Waals surface area contributed by atoms with Gasteiger partial charge >= 0.3 is 0 Å². The molecule has 1 aromatic heterocycles. The van der Waals surface area contributed by atoms with E-state index in [4.69, 9.17) is 4.63 Å². The summed E-state index contributed by atoms with van der Waals surface area (Å²) in [5.41, 5.74) is 1.82. The van der Waals surface area contributed by atoms with Crippen LogP contribution in [-0.2, 0) is 11.3 Å². The maximum atomic E-state index is 12.7. The number of carbonyl (C=O) groups is 2. The molecule has 3 aromatic rings. The summed E-state index contributed by atoms with van der Waals surface area (Å²) in [4.78, 5) is 26.6. The van der Waals surface area contributed by atoms with Crippen molar-refractivity contribution < 1.29 is 19.1 Å². The maximum absolute atomic E-state index is 12.7. The lowest BCUT2D eigenvalue weighted by atomic mass is 10.1. The first kappa shape index (κ1) is 17.0. The van der Waals surface area contributed by atoms with Crippen LogP contribution in [0.5, 0.6) is 0 Å². The van der Waals surface area contributed by atoms with Gasteiger partial charge in [-0.05, 0) is 28.3 Å². The van der Waals surface area contributed by atoms with E-state index in [2.05, 4.69) is 5.16 Å². The molecular formula is C19H13N3O4S. The van der Waals surface area contributed by atoms with Gasteiger partial charge in [0.25, 0.3) is 11.1 Å². The highest BCUT2D eigenvalue weighted by Gasteiger charge is 2.38. The zero-order chi connectivity index (χ0) is 18.8. The van der Waals surface area contributed by atoms with Crippen LogP contribution in [-0.4, -0.2) is 21.2 Å². The van der Waals surface area contributed by atoms with E-state index in [0.29, 0.717) is 10.5 Å². The van der Waals surface area contributed by atoms with Crippen LogP contribution in [0.4, 0.5) is 4.79 Å². The molecule has 0 saturated carbocycles. The van der Waals surface area contributed by atoms with Crippen LogP contribution in [0.25, 0.3) is 17.3 Å². The Morgan fingerprint density at radius 2 is 1.74 bits per heavy atom. The Balaban J connectivity index is 1.62. The van der Waals surface area contributed by atoms with Crippen LogP contribution in [0.1, 0.15) is 11.3 Å². The highest BCUT2D eigenvalue weighted by atomic mass is 32.2. The Morgan fingerprint density at radius 1 is 1.07 bits per heavy atom. The number of rotatable bonds is 4. The molecule has 1 aliphatic heterocycles. The van der Waals surface area contributed by atoms with Crippen LogP contribution >= 0.6 is 11.8 Å². The maximum Gasteiger partial charge on any atom is 0.294 e. The molecular weight excluding hydrogens is 366 g/mol. The van der Waals surface area contributed by atoms with Gasteiger partial charge in [0, 0.05) is 10.7 Å². The van der Waals surface area contributed by atoms with Crippen LogP contribution < -0.4 is 4.90 Å². The Bertz CT molecular complexity index is 1030. The third kappa shape index (κ3) is 3.34. The molecule has 0 bridgehead atoms. The quantitative estimate of drug-likeness (QED) is 0.511. The lowest BCUT2D eigenvalue weighted by Crippen LogP contribution is -2.30. The number of carbonyl (C=O) groups excluding carboxylic acids is 2. The number of aromatic nitrogens is 2. The predicted octanol–water partition coefficient (Wildman–Crippen LogP) is 3.21. The van der Waals surface area contributed by atoms with E-state index in [1.807, 2.05) is 36.4 Å². The second-order valence-corrected chi connectivity index (χ2v) is 6.76. The Morgan fingerprint density at radius 3 is 2.44 bits per heavy atom. The molecule has 0 spiro atoms. The minimum atomic E-state index is -0.423. The van der Waals surface area contributed by atoms with Gasteiger partial charge in [-0.1, -0.05) is 60.7 Å². The smallest absolute Gasteiger partial charge is 0.294 e. The van der Waals surface area contributed by atoms with Crippen molar-refractivity contribution in [2.45, 2.75) is 6.54 Å². The largest absolute Gasteiger partial charge is 0.359 e. The number of amides is 2. The number of hydrogen-bond acceptors (Lipinski definition) is 6.